The minimum atomic E-state index is -3.62. The zero-order valence-corrected chi connectivity index (χ0v) is 17.7. The summed E-state index contributed by atoms with van der Waals surface area (Å²) in [5.41, 5.74) is 0.490. The number of methoxy groups -OCH3 is 1. The Balaban J connectivity index is 3.42. The molecule has 148 valence electrons. The Bertz CT molecular complexity index is 648. The van der Waals surface area contributed by atoms with Gasteiger partial charge in [-0.2, -0.15) is 0 Å². The van der Waals surface area contributed by atoms with Gasteiger partial charge in [0, 0.05) is 7.11 Å². The summed E-state index contributed by atoms with van der Waals surface area (Å²) >= 11 is 0. The average Bonchev–Trinajstić information content (AvgIpc) is 2.54. The van der Waals surface area contributed by atoms with Gasteiger partial charge in [-0.15, -0.1) is 0 Å². The van der Waals surface area contributed by atoms with Crippen LogP contribution in [-0.4, -0.2) is 30.1 Å². The molecule has 1 rings (SSSR count). The molecule has 0 saturated heterocycles. The molecule has 0 fully saturated rings. The van der Waals surface area contributed by atoms with Crippen LogP contribution in [0.25, 0.3) is 0 Å². The van der Waals surface area contributed by atoms with Gasteiger partial charge < -0.3 is 14.4 Å². The molecular weight excluding hydrogens is 353 g/mol. The first-order valence-corrected chi connectivity index (χ1v) is 10.7. The quantitative estimate of drug-likeness (QED) is 0.554. The Morgan fingerprint density at radius 3 is 2.08 bits per heavy atom. The molecule has 0 aliphatic heterocycles. The maximum Gasteiger partial charge on any atom is 0.342 e. The van der Waals surface area contributed by atoms with E-state index in [4.69, 9.17) is 9.26 Å². The number of hydrogen-bond donors (Lipinski definition) is 2. The molecule has 0 aromatic heterocycles. The van der Waals surface area contributed by atoms with Gasteiger partial charge in [-0.1, -0.05) is 52.8 Å². The van der Waals surface area contributed by atoms with E-state index in [2.05, 4.69) is 5.09 Å². The van der Waals surface area contributed by atoms with Gasteiger partial charge in [-0.3, -0.25) is 9.36 Å². The van der Waals surface area contributed by atoms with Crippen molar-refractivity contribution in [1.29, 1.82) is 0 Å². The van der Waals surface area contributed by atoms with Crippen LogP contribution < -0.4 is 9.61 Å². The molecule has 2 unspecified atom stereocenters. The lowest BCUT2D eigenvalue weighted by Gasteiger charge is -2.32. The van der Waals surface area contributed by atoms with Gasteiger partial charge in [0.2, 0.25) is 0 Å². The lowest BCUT2D eigenvalue weighted by molar-refractivity contribution is -0.143. The summed E-state index contributed by atoms with van der Waals surface area (Å²) < 4.78 is 24.6. The molecule has 1 aromatic carbocycles. The molecule has 6 nitrogen and oxygen atoms in total. The van der Waals surface area contributed by atoms with E-state index in [1.54, 1.807) is 6.92 Å². The highest BCUT2D eigenvalue weighted by Gasteiger charge is 2.40. The third kappa shape index (κ3) is 5.32. The molecule has 0 saturated carbocycles. The first-order chi connectivity index (χ1) is 12.0. The third-order valence-corrected chi connectivity index (χ3v) is 6.36. The van der Waals surface area contributed by atoms with Crippen molar-refractivity contribution in [2.75, 3.05) is 13.5 Å². The van der Waals surface area contributed by atoms with Crippen molar-refractivity contribution in [3.63, 3.8) is 0 Å². The highest BCUT2D eigenvalue weighted by molar-refractivity contribution is 7.57. The monoisotopic (exact) mass is 385 g/mol. The second-order valence-electron chi connectivity index (χ2n) is 7.36. The number of aliphatic carboxylic acids is 1. The third-order valence-electron chi connectivity index (χ3n) is 4.45. The van der Waals surface area contributed by atoms with E-state index in [9.17, 15) is 14.5 Å². The van der Waals surface area contributed by atoms with Crippen LogP contribution in [0.4, 0.5) is 0 Å². The number of para-hydroxylation sites is 1. The summed E-state index contributed by atoms with van der Waals surface area (Å²) in [7, 11) is -2.20. The van der Waals surface area contributed by atoms with Crippen LogP contribution in [0.2, 0.25) is 0 Å². The predicted octanol–water partition coefficient (Wildman–Crippen LogP) is 4.95. The zero-order valence-electron chi connectivity index (χ0n) is 16.8. The smallest absolute Gasteiger partial charge is 0.342 e. The van der Waals surface area contributed by atoms with Crippen molar-refractivity contribution in [3.8, 4) is 5.75 Å². The van der Waals surface area contributed by atoms with E-state index in [0.717, 1.165) is 11.1 Å². The van der Waals surface area contributed by atoms with Crippen LogP contribution in [0, 0.1) is 0 Å². The lowest BCUT2D eigenvalue weighted by Crippen LogP contribution is -2.48. The Labute approximate surface area is 156 Å². The lowest BCUT2D eigenvalue weighted by atomic mass is 9.94. The fourth-order valence-electron chi connectivity index (χ4n) is 2.64. The molecule has 26 heavy (non-hydrogen) atoms. The molecule has 0 heterocycles. The highest BCUT2D eigenvalue weighted by atomic mass is 31.2. The normalized spacial score (nSPS) is 16.3. The van der Waals surface area contributed by atoms with E-state index in [1.165, 1.54) is 14.0 Å². The van der Waals surface area contributed by atoms with Gasteiger partial charge in [0.1, 0.15) is 17.6 Å². The average molecular weight is 385 g/mol. The van der Waals surface area contributed by atoms with Crippen LogP contribution in [0.5, 0.6) is 5.75 Å². The maximum absolute atomic E-state index is 13.5. The highest BCUT2D eigenvalue weighted by Crippen LogP contribution is 2.49. The number of carboxylic acid groups (broad SMARTS) is 1. The second kappa shape index (κ2) is 9.03. The summed E-state index contributed by atoms with van der Waals surface area (Å²) in [6, 6.07) is 5.85. The van der Waals surface area contributed by atoms with Gasteiger partial charge >= 0.3 is 13.5 Å². The minimum Gasteiger partial charge on any atom is -0.480 e. The van der Waals surface area contributed by atoms with E-state index >= 15 is 0 Å². The van der Waals surface area contributed by atoms with Crippen LogP contribution in [-0.2, 0) is 14.1 Å². The number of nitrogens with one attached hydrogen (secondary N) is 1. The fraction of sp³-hybridized carbons (Fsp3) is 0.632. The van der Waals surface area contributed by atoms with Crippen LogP contribution in [0.3, 0.4) is 0 Å². The number of carboxylic acids is 1. The SMILES string of the molecule is CCC(C)(NP(=O)(COC)Oc1c(C(C)C)cccc1C(C)C)C(=O)O. The van der Waals surface area contributed by atoms with E-state index in [-0.39, 0.29) is 24.6 Å². The van der Waals surface area contributed by atoms with Gasteiger partial charge in [-0.25, -0.2) is 5.09 Å². The molecule has 2 N–H and O–H groups in total. The Morgan fingerprint density at radius 1 is 1.23 bits per heavy atom. The van der Waals surface area contributed by atoms with E-state index < -0.39 is 19.0 Å². The van der Waals surface area contributed by atoms with Gasteiger partial charge in [0.05, 0.1) is 0 Å². The van der Waals surface area contributed by atoms with Crippen molar-refractivity contribution < 1.29 is 23.7 Å². The molecule has 0 aliphatic carbocycles. The molecule has 1 aromatic rings. The van der Waals surface area contributed by atoms with Gasteiger partial charge in [0.25, 0.3) is 0 Å². The molecule has 0 radical (unpaired) electrons. The number of rotatable bonds is 10. The van der Waals surface area contributed by atoms with Crippen molar-refractivity contribution in [1.82, 2.24) is 5.09 Å². The van der Waals surface area contributed by atoms with Crippen LogP contribution in [0.15, 0.2) is 18.2 Å². The Morgan fingerprint density at radius 2 is 1.73 bits per heavy atom. The first kappa shape index (κ1) is 22.7. The zero-order chi connectivity index (χ0) is 20.1. The van der Waals surface area contributed by atoms with E-state index in [0.29, 0.717) is 5.75 Å². The molecule has 0 amide bonds. The van der Waals surface area contributed by atoms with Crippen molar-refractivity contribution in [2.45, 2.75) is 65.3 Å². The molecule has 0 bridgehead atoms. The standard InChI is InChI=1S/C19H32NO5P/c1-8-19(6,18(21)22)20-26(23,12-24-7)25-17-15(13(2)3)10-9-11-16(17)14(4)5/h9-11,13-14H,8,12H2,1-7H3,(H,20,23)(H,21,22). The van der Waals surface area contributed by atoms with E-state index in [1.807, 2.05) is 45.9 Å². The summed E-state index contributed by atoms with van der Waals surface area (Å²) in [4.78, 5) is 11.7. The first-order valence-electron chi connectivity index (χ1n) is 8.93. The van der Waals surface area contributed by atoms with Crippen molar-refractivity contribution >= 4 is 13.5 Å². The second-order valence-corrected chi connectivity index (χ2v) is 9.37. The summed E-state index contributed by atoms with van der Waals surface area (Å²) in [5, 5.41) is 12.3. The topological polar surface area (TPSA) is 84.9 Å². The summed E-state index contributed by atoms with van der Waals surface area (Å²) in [6.07, 6.45) is 0.0299. The Hall–Kier alpha value is -1.36. The van der Waals surface area contributed by atoms with Gasteiger partial charge in [0.15, 0.2) is 0 Å². The van der Waals surface area contributed by atoms with Gasteiger partial charge in [-0.05, 0) is 36.3 Å². The van der Waals surface area contributed by atoms with Crippen LogP contribution in [0.1, 0.15) is 70.9 Å². The Kier molecular flexibility index (Phi) is 7.87. The number of benzene rings is 1. The maximum atomic E-state index is 13.5. The fourth-order valence-corrected chi connectivity index (χ4v) is 4.66. The summed E-state index contributed by atoms with van der Waals surface area (Å²) in [6.45, 7) is 11.4. The molecule has 0 spiro atoms. The molecule has 7 heteroatoms. The van der Waals surface area contributed by atoms with Crippen LogP contribution >= 0.6 is 7.52 Å². The molecular formula is C19H32NO5P. The predicted molar refractivity (Wildman–Crippen MR) is 104 cm³/mol. The number of ether oxygens (including phenoxy) is 1. The molecule has 0 aliphatic rings. The summed E-state index contributed by atoms with van der Waals surface area (Å²) in [5.74, 6) is -0.205. The number of carbonyl (C=O) groups is 1. The minimum absolute atomic E-state index is 0.164. The largest absolute Gasteiger partial charge is 0.480 e. The number of hydrogen-bond acceptors (Lipinski definition) is 4. The van der Waals surface area contributed by atoms with Crippen molar-refractivity contribution in [3.05, 3.63) is 29.3 Å². The molecule has 2 atom stereocenters. The van der Waals surface area contributed by atoms with Crippen molar-refractivity contribution in [2.24, 2.45) is 0 Å².